The van der Waals surface area contributed by atoms with Crippen LogP contribution in [0.4, 0.5) is 42.1 Å². The predicted molar refractivity (Wildman–Crippen MR) is 119 cm³/mol. The van der Waals surface area contributed by atoms with E-state index in [4.69, 9.17) is 0 Å². The number of amides is 2. The fourth-order valence-electron chi connectivity index (χ4n) is 2.93. The Kier molecular flexibility index (Phi) is 8.11. The molecule has 3 rings (SSSR count). The van der Waals surface area contributed by atoms with Gasteiger partial charge in [0.05, 0.1) is 10.1 Å². The number of anilines is 2. The summed E-state index contributed by atoms with van der Waals surface area (Å²) in [5.74, 6) is -11.5. The topological polar surface area (TPSA) is 58.2 Å². The summed E-state index contributed by atoms with van der Waals surface area (Å²) >= 11 is 2.14. The molecule has 1 heterocycles. The van der Waals surface area contributed by atoms with Gasteiger partial charge < -0.3 is 10.6 Å². The zero-order valence-electron chi connectivity index (χ0n) is 17.6. The Morgan fingerprint density at radius 1 is 0.971 bits per heavy atom. The van der Waals surface area contributed by atoms with Gasteiger partial charge in [0, 0.05) is 10.6 Å². The van der Waals surface area contributed by atoms with Crippen LogP contribution in [0.2, 0.25) is 0 Å². The second-order valence-corrected chi connectivity index (χ2v) is 9.19. The molecule has 0 radical (unpaired) electrons. The summed E-state index contributed by atoms with van der Waals surface area (Å²) < 4.78 is 94.2. The lowest BCUT2D eigenvalue weighted by atomic mass is 10.1. The van der Waals surface area contributed by atoms with Crippen molar-refractivity contribution < 1.29 is 40.3 Å². The number of carbonyl (C=O) groups is 2. The average molecular weight is 536 g/mol. The molecule has 0 bridgehead atoms. The maximum atomic E-state index is 14.1. The average Bonchev–Trinajstić information content (AvgIpc) is 3.33. The molecule has 1 unspecified atom stereocenters. The molecule has 0 aliphatic rings. The van der Waals surface area contributed by atoms with Gasteiger partial charge in [-0.1, -0.05) is 19.1 Å². The van der Waals surface area contributed by atoms with E-state index < -0.39 is 51.9 Å². The summed E-state index contributed by atoms with van der Waals surface area (Å²) in [6.07, 6.45) is -5.61. The standard InChI is InChI=1S/C22H15F7N2O2S2/c1-2-12(35-11-6-3-5-10(9-11)30-21(33)13-7-4-8-34-13)20(32)31-19-17(25)15(23)14(22(27,28)29)16(24)18(19)26/h3-9,12H,2H2,1H3,(H,30,33)(H,31,32). The van der Waals surface area contributed by atoms with Crippen molar-refractivity contribution in [1.29, 1.82) is 0 Å². The number of thiophene rings is 1. The number of rotatable bonds is 7. The van der Waals surface area contributed by atoms with Gasteiger partial charge in [0.15, 0.2) is 23.3 Å². The van der Waals surface area contributed by atoms with E-state index >= 15 is 0 Å². The van der Waals surface area contributed by atoms with E-state index in [1.54, 1.807) is 48.0 Å². The van der Waals surface area contributed by atoms with Gasteiger partial charge in [-0.15, -0.1) is 23.1 Å². The van der Waals surface area contributed by atoms with Crippen molar-refractivity contribution in [1.82, 2.24) is 0 Å². The highest BCUT2D eigenvalue weighted by Crippen LogP contribution is 2.39. The van der Waals surface area contributed by atoms with Crippen LogP contribution in [-0.4, -0.2) is 17.1 Å². The van der Waals surface area contributed by atoms with E-state index in [1.165, 1.54) is 17.4 Å². The number of hydrogen-bond donors (Lipinski definition) is 2. The van der Waals surface area contributed by atoms with Crippen LogP contribution in [0.25, 0.3) is 0 Å². The third-order valence-electron chi connectivity index (χ3n) is 4.57. The minimum atomic E-state index is -5.69. The summed E-state index contributed by atoms with van der Waals surface area (Å²) in [6.45, 7) is 1.54. The van der Waals surface area contributed by atoms with Crippen molar-refractivity contribution in [2.24, 2.45) is 0 Å². The Bertz CT molecular complexity index is 1220. The number of thioether (sulfide) groups is 1. The number of benzene rings is 2. The van der Waals surface area contributed by atoms with Crippen LogP contribution in [0.3, 0.4) is 0 Å². The summed E-state index contributed by atoms with van der Waals surface area (Å²) in [5.41, 5.74) is -3.99. The molecule has 2 amide bonds. The van der Waals surface area contributed by atoms with Crippen LogP contribution in [0.5, 0.6) is 0 Å². The molecule has 0 spiro atoms. The van der Waals surface area contributed by atoms with E-state index in [1.807, 2.05) is 0 Å². The van der Waals surface area contributed by atoms with Crippen molar-refractivity contribution in [3.8, 4) is 0 Å². The highest BCUT2D eigenvalue weighted by atomic mass is 32.2. The van der Waals surface area contributed by atoms with Gasteiger partial charge in [0.1, 0.15) is 11.3 Å². The molecule has 1 atom stereocenters. The van der Waals surface area contributed by atoms with E-state index in [0.717, 1.165) is 11.8 Å². The van der Waals surface area contributed by atoms with Gasteiger partial charge >= 0.3 is 6.18 Å². The monoisotopic (exact) mass is 536 g/mol. The molecular formula is C22H15F7N2O2S2. The molecule has 3 aromatic rings. The van der Waals surface area contributed by atoms with Crippen molar-refractivity contribution in [2.75, 3.05) is 10.6 Å². The van der Waals surface area contributed by atoms with Gasteiger partial charge in [-0.3, -0.25) is 9.59 Å². The molecule has 13 heteroatoms. The Morgan fingerprint density at radius 2 is 1.63 bits per heavy atom. The lowest BCUT2D eigenvalue weighted by Gasteiger charge is -2.18. The molecule has 2 aromatic carbocycles. The van der Waals surface area contributed by atoms with Crippen LogP contribution in [0.15, 0.2) is 46.7 Å². The molecule has 1 aromatic heterocycles. The third kappa shape index (κ3) is 5.96. The summed E-state index contributed by atoms with van der Waals surface area (Å²) in [7, 11) is 0. The maximum absolute atomic E-state index is 14.1. The molecule has 0 saturated carbocycles. The number of alkyl halides is 3. The van der Waals surface area contributed by atoms with Gasteiger partial charge in [0.2, 0.25) is 5.91 Å². The second kappa shape index (κ2) is 10.7. The van der Waals surface area contributed by atoms with E-state index in [-0.39, 0.29) is 12.3 Å². The smallest absolute Gasteiger partial charge is 0.321 e. The van der Waals surface area contributed by atoms with Crippen molar-refractivity contribution in [2.45, 2.75) is 29.7 Å². The minimum absolute atomic E-state index is 0.0805. The Morgan fingerprint density at radius 3 is 2.17 bits per heavy atom. The maximum Gasteiger partial charge on any atom is 0.422 e. The fraction of sp³-hybridized carbons (Fsp3) is 0.182. The third-order valence-corrected chi connectivity index (χ3v) is 6.80. The molecule has 186 valence electrons. The number of carbonyl (C=O) groups excluding carboxylic acids is 2. The molecule has 0 saturated heterocycles. The molecular weight excluding hydrogens is 521 g/mol. The molecule has 0 aliphatic carbocycles. The predicted octanol–water partition coefficient (Wildman–Crippen LogP) is 7.09. The van der Waals surface area contributed by atoms with Crippen molar-refractivity contribution in [3.05, 3.63) is 75.5 Å². The second-order valence-electron chi connectivity index (χ2n) is 6.97. The molecule has 0 fully saturated rings. The quantitative estimate of drug-likeness (QED) is 0.193. The van der Waals surface area contributed by atoms with Crippen LogP contribution >= 0.6 is 23.1 Å². The highest BCUT2D eigenvalue weighted by molar-refractivity contribution is 8.00. The first-order valence-electron chi connectivity index (χ1n) is 9.79. The van der Waals surface area contributed by atoms with Crippen LogP contribution in [0, 0.1) is 23.3 Å². The van der Waals surface area contributed by atoms with Crippen molar-refractivity contribution in [3.63, 3.8) is 0 Å². The summed E-state index contributed by atoms with van der Waals surface area (Å²) in [6, 6.07) is 9.62. The SMILES string of the molecule is CCC(Sc1cccc(NC(=O)c2cccs2)c1)C(=O)Nc1c(F)c(F)c(C(F)(F)F)c(F)c1F. The van der Waals surface area contributed by atoms with E-state index in [2.05, 4.69) is 5.32 Å². The largest absolute Gasteiger partial charge is 0.422 e. The molecule has 4 nitrogen and oxygen atoms in total. The van der Waals surface area contributed by atoms with E-state index in [0.29, 0.717) is 15.5 Å². The summed E-state index contributed by atoms with van der Waals surface area (Å²) in [4.78, 5) is 25.7. The first-order chi connectivity index (χ1) is 16.4. The molecule has 35 heavy (non-hydrogen) atoms. The first kappa shape index (κ1) is 26.5. The Hall–Kier alpha value is -3.06. The minimum Gasteiger partial charge on any atom is -0.321 e. The molecule has 2 N–H and O–H groups in total. The zero-order chi connectivity index (χ0) is 25.9. The van der Waals surface area contributed by atoms with Gasteiger partial charge in [-0.05, 0) is 36.1 Å². The first-order valence-corrected chi connectivity index (χ1v) is 11.6. The van der Waals surface area contributed by atoms with E-state index in [9.17, 15) is 40.3 Å². The Balaban J connectivity index is 1.79. The van der Waals surface area contributed by atoms with Gasteiger partial charge in [-0.2, -0.15) is 13.2 Å². The molecule has 0 aliphatic heterocycles. The normalized spacial score (nSPS) is 12.3. The van der Waals surface area contributed by atoms with Crippen LogP contribution < -0.4 is 10.6 Å². The number of halogens is 7. The highest BCUT2D eigenvalue weighted by Gasteiger charge is 2.42. The van der Waals surface area contributed by atoms with Crippen molar-refractivity contribution >= 4 is 46.3 Å². The summed E-state index contributed by atoms with van der Waals surface area (Å²) in [5, 5.41) is 5.00. The Labute approximate surface area is 202 Å². The number of hydrogen-bond acceptors (Lipinski definition) is 4. The fourth-order valence-corrected chi connectivity index (χ4v) is 4.56. The number of nitrogens with one attached hydrogen (secondary N) is 2. The van der Waals surface area contributed by atoms with Crippen LogP contribution in [0.1, 0.15) is 28.6 Å². The van der Waals surface area contributed by atoms with Gasteiger partial charge in [-0.25, -0.2) is 17.6 Å². The lowest BCUT2D eigenvalue weighted by molar-refractivity contribution is -0.143. The van der Waals surface area contributed by atoms with Crippen LogP contribution in [-0.2, 0) is 11.0 Å². The lowest BCUT2D eigenvalue weighted by Crippen LogP contribution is -2.27. The zero-order valence-corrected chi connectivity index (χ0v) is 19.2. The van der Waals surface area contributed by atoms with Gasteiger partial charge in [0.25, 0.3) is 5.91 Å².